The van der Waals surface area contributed by atoms with Crippen molar-refractivity contribution < 1.29 is 13.2 Å². The Balaban J connectivity index is 4.25. The van der Waals surface area contributed by atoms with Crippen molar-refractivity contribution in [2.75, 3.05) is 13.1 Å². The smallest absolute Gasteiger partial charge is 0.237 e. The summed E-state index contributed by atoms with van der Waals surface area (Å²) in [5, 5.41) is 2.40. The molecule has 0 fully saturated rings. The second-order valence-corrected chi connectivity index (χ2v) is 6.01. The zero-order valence-electron chi connectivity index (χ0n) is 9.70. The zero-order chi connectivity index (χ0) is 12.1. The molecule has 0 aromatic carbocycles. The molecule has 90 valence electrons. The highest BCUT2D eigenvalue weighted by molar-refractivity contribution is 7.90. The first-order chi connectivity index (χ1) is 6.81. The van der Waals surface area contributed by atoms with Gasteiger partial charge >= 0.3 is 0 Å². The van der Waals surface area contributed by atoms with Gasteiger partial charge in [0.15, 0.2) is 0 Å². The molecular formula is C9H20N2O3S. The molecule has 0 rings (SSSR count). The molecule has 6 heteroatoms. The predicted octanol–water partition coefficient (Wildman–Crippen LogP) is 0.0864. The van der Waals surface area contributed by atoms with Crippen LogP contribution in [0.25, 0.3) is 0 Å². The molecule has 0 spiro atoms. The summed E-state index contributed by atoms with van der Waals surface area (Å²) in [6.07, 6.45) is 0. The second kappa shape index (κ2) is 6.07. The van der Waals surface area contributed by atoms with Crippen molar-refractivity contribution in [2.24, 2.45) is 5.92 Å². The fourth-order valence-corrected chi connectivity index (χ4v) is 1.53. The number of hydrogen-bond acceptors (Lipinski definition) is 4. The van der Waals surface area contributed by atoms with Crippen LogP contribution < -0.4 is 10.0 Å². The highest BCUT2D eigenvalue weighted by Gasteiger charge is 2.22. The Labute approximate surface area is 91.7 Å². The van der Waals surface area contributed by atoms with E-state index >= 15 is 0 Å². The maximum atomic E-state index is 11.4. The fourth-order valence-electron chi connectivity index (χ4n) is 0.812. The van der Waals surface area contributed by atoms with Gasteiger partial charge in [-0.3, -0.25) is 9.52 Å². The molecule has 1 amide bonds. The van der Waals surface area contributed by atoms with Gasteiger partial charge in [0.1, 0.15) is 0 Å². The highest BCUT2D eigenvalue weighted by Crippen LogP contribution is 1.99. The van der Waals surface area contributed by atoms with Crippen molar-refractivity contribution in [3.63, 3.8) is 0 Å². The van der Waals surface area contributed by atoms with Crippen molar-refractivity contribution >= 4 is 15.9 Å². The molecular weight excluding hydrogens is 216 g/mol. The maximum absolute atomic E-state index is 11.4. The lowest BCUT2D eigenvalue weighted by Crippen LogP contribution is -2.41. The van der Waals surface area contributed by atoms with Crippen LogP contribution in [0.4, 0.5) is 0 Å². The fraction of sp³-hybridized carbons (Fsp3) is 0.889. The van der Waals surface area contributed by atoms with Gasteiger partial charge in [-0.05, 0) is 20.4 Å². The number of amides is 1. The highest BCUT2D eigenvalue weighted by atomic mass is 32.2. The number of carbonyl (C=O) groups excluding carboxylic acids is 1. The minimum Gasteiger partial charge on any atom is -0.316 e. The van der Waals surface area contributed by atoms with E-state index in [4.69, 9.17) is 0 Å². The topological polar surface area (TPSA) is 75.3 Å². The van der Waals surface area contributed by atoms with Crippen LogP contribution in [0, 0.1) is 5.92 Å². The van der Waals surface area contributed by atoms with Crippen LogP contribution in [-0.2, 0) is 14.8 Å². The van der Waals surface area contributed by atoms with Gasteiger partial charge in [0, 0.05) is 12.5 Å². The number of nitrogens with one attached hydrogen (secondary N) is 2. The lowest BCUT2D eigenvalue weighted by atomic mass is 10.2. The quantitative estimate of drug-likeness (QED) is 0.685. The summed E-state index contributed by atoms with van der Waals surface area (Å²) >= 11 is 0. The lowest BCUT2D eigenvalue weighted by Gasteiger charge is -2.14. The van der Waals surface area contributed by atoms with E-state index in [0.717, 1.165) is 6.54 Å². The third kappa shape index (κ3) is 5.13. The first-order valence-electron chi connectivity index (χ1n) is 5.07. The van der Waals surface area contributed by atoms with Crippen molar-refractivity contribution in [2.45, 2.75) is 32.9 Å². The van der Waals surface area contributed by atoms with Gasteiger partial charge in [-0.2, -0.15) is 0 Å². The summed E-state index contributed by atoms with van der Waals surface area (Å²) in [6.45, 7) is 7.92. The Kier molecular flexibility index (Phi) is 5.82. The normalized spacial score (nSPS) is 13.9. The number of sulfonamides is 1. The van der Waals surface area contributed by atoms with Crippen LogP contribution in [0.3, 0.4) is 0 Å². The summed E-state index contributed by atoms with van der Waals surface area (Å²) < 4.78 is 24.8. The molecule has 0 aromatic rings. The molecule has 0 aliphatic heterocycles. The van der Waals surface area contributed by atoms with E-state index in [9.17, 15) is 13.2 Å². The molecule has 5 nitrogen and oxygen atoms in total. The third-order valence-electron chi connectivity index (χ3n) is 2.01. The van der Waals surface area contributed by atoms with Crippen LogP contribution in [0.2, 0.25) is 0 Å². The third-order valence-corrected chi connectivity index (χ3v) is 3.74. The minimum absolute atomic E-state index is 0.349. The second-order valence-electron chi connectivity index (χ2n) is 3.77. The predicted molar refractivity (Wildman–Crippen MR) is 59.9 cm³/mol. The van der Waals surface area contributed by atoms with Gasteiger partial charge in [-0.1, -0.05) is 13.8 Å². The summed E-state index contributed by atoms with van der Waals surface area (Å²) in [6, 6.07) is 0. The maximum Gasteiger partial charge on any atom is 0.237 e. The van der Waals surface area contributed by atoms with Gasteiger partial charge in [0.05, 0.1) is 5.25 Å². The summed E-state index contributed by atoms with van der Waals surface area (Å²) in [4.78, 5) is 11.4. The van der Waals surface area contributed by atoms with Crippen molar-refractivity contribution in [3.05, 3.63) is 0 Å². The van der Waals surface area contributed by atoms with E-state index in [0.29, 0.717) is 6.54 Å². The van der Waals surface area contributed by atoms with Gasteiger partial charge in [-0.25, -0.2) is 8.42 Å². The van der Waals surface area contributed by atoms with Gasteiger partial charge in [0.25, 0.3) is 0 Å². The summed E-state index contributed by atoms with van der Waals surface area (Å²) in [5.74, 6) is -0.803. The molecule has 0 radical (unpaired) electrons. The summed E-state index contributed by atoms with van der Waals surface area (Å²) in [5.41, 5.74) is 0. The Bertz CT molecular complexity index is 298. The van der Waals surface area contributed by atoms with Gasteiger partial charge < -0.3 is 5.32 Å². The first kappa shape index (κ1) is 14.4. The molecule has 1 unspecified atom stereocenters. The molecule has 0 saturated heterocycles. The number of rotatable bonds is 6. The van der Waals surface area contributed by atoms with E-state index in [2.05, 4.69) is 10.0 Å². The van der Waals surface area contributed by atoms with Crippen LogP contribution in [0.15, 0.2) is 0 Å². The van der Waals surface area contributed by atoms with Crippen LogP contribution in [0.1, 0.15) is 27.7 Å². The Morgan fingerprint density at radius 3 is 2.20 bits per heavy atom. The Morgan fingerprint density at radius 2 is 1.80 bits per heavy atom. The zero-order valence-corrected chi connectivity index (χ0v) is 10.5. The van der Waals surface area contributed by atoms with E-state index in [1.54, 1.807) is 6.92 Å². The molecule has 0 bridgehead atoms. The molecule has 1 atom stereocenters. The van der Waals surface area contributed by atoms with Gasteiger partial charge in [0.2, 0.25) is 15.9 Å². The largest absolute Gasteiger partial charge is 0.316 e. The Morgan fingerprint density at radius 1 is 1.27 bits per heavy atom. The average Bonchev–Trinajstić information content (AvgIpc) is 2.13. The first-order valence-corrected chi connectivity index (χ1v) is 6.62. The molecule has 0 aromatic heterocycles. The molecule has 15 heavy (non-hydrogen) atoms. The molecule has 2 N–H and O–H groups in total. The van der Waals surface area contributed by atoms with E-state index in [1.807, 2.05) is 6.92 Å². The molecule has 0 aliphatic carbocycles. The lowest BCUT2D eigenvalue weighted by molar-refractivity contribution is -0.122. The van der Waals surface area contributed by atoms with Crippen LogP contribution in [-0.4, -0.2) is 32.7 Å². The van der Waals surface area contributed by atoms with Crippen molar-refractivity contribution in [1.82, 2.24) is 10.0 Å². The molecule has 0 heterocycles. The summed E-state index contributed by atoms with van der Waals surface area (Å²) in [7, 11) is -3.49. The number of hydrogen-bond donors (Lipinski definition) is 2. The van der Waals surface area contributed by atoms with Gasteiger partial charge in [-0.15, -0.1) is 0 Å². The molecule has 0 aliphatic rings. The SMILES string of the molecule is CCNCC(C)C(=O)NS(=O)(=O)C(C)C. The Hall–Kier alpha value is -0.620. The molecule has 0 saturated carbocycles. The monoisotopic (exact) mass is 236 g/mol. The minimum atomic E-state index is -3.49. The standard InChI is InChI=1S/C9H20N2O3S/c1-5-10-6-8(4)9(12)11-15(13,14)7(2)3/h7-8,10H,5-6H2,1-4H3,(H,11,12). The van der Waals surface area contributed by atoms with Crippen LogP contribution in [0.5, 0.6) is 0 Å². The van der Waals surface area contributed by atoms with E-state index < -0.39 is 21.2 Å². The van der Waals surface area contributed by atoms with Crippen molar-refractivity contribution in [1.29, 1.82) is 0 Å². The van der Waals surface area contributed by atoms with Crippen molar-refractivity contribution in [3.8, 4) is 0 Å². The average molecular weight is 236 g/mol. The van der Waals surface area contributed by atoms with E-state index in [1.165, 1.54) is 13.8 Å². The van der Waals surface area contributed by atoms with E-state index in [-0.39, 0.29) is 5.92 Å². The number of carbonyl (C=O) groups is 1. The van der Waals surface area contributed by atoms with Crippen LogP contribution >= 0.6 is 0 Å².